The average molecular weight is 461 g/mol. The quantitative estimate of drug-likeness (QED) is 0.176. The molecule has 34 heavy (non-hydrogen) atoms. The van der Waals surface area contributed by atoms with Crippen molar-refractivity contribution in [3.05, 3.63) is 77.3 Å². The molecule has 2 unspecified atom stereocenters. The van der Waals surface area contributed by atoms with Crippen LogP contribution in [0.15, 0.2) is 82.0 Å². The molecule has 2 atom stereocenters. The van der Waals surface area contributed by atoms with Gasteiger partial charge in [0.1, 0.15) is 6.10 Å². The number of ether oxygens (including phenoxy) is 1. The minimum atomic E-state index is -0.907. The Morgan fingerprint density at radius 2 is 1.68 bits per heavy atom. The zero-order chi connectivity index (χ0) is 23.8. The van der Waals surface area contributed by atoms with Gasteiger partial charge in [-0.3, -0.25) is 25.2 Å². The van der Waals surface area contributed by atoms with E-state index in [0.717, 1.165) is 11.4 Å². The molecule has 0 saturated carbocycles. The number of nitrogens with zero attached hydrogens (tertiary/aromatic N) is 5. The molecule has 4 aromatic rings. The first-order valence-corrected chi connectivity index (χ1v) is 10.3. The van der Waals surface area contributed by atoms with Crippen LogP contribution in [0.25, 0.3) is 11.2 Å². The van der Waals surface area contributed by atoms with E-state index in [4.69, 9.17) is 10.5 Å². The molecule has 174 valence electrons. The number of aromatic amines is 1. The van der Waals surface area contributed by atoms with E-state index in [-0.39, 0.29) is 23.7 Å². The van der Waals surface area contributed by atoms with E-state index in [0.29, 0.717) is 0 Å². The molecule has 0 aliphatic carbocycles. The van der Waals surface area contributed by atoms with Crippen LogP contribution in [0.4, 0.5) is 17.3 Å². The number of rotatable bonds is 10. The molecular weight excluding hydrogens is 438 g/mol. The average Bonchev–Trinajstić information content (AvgIpc) is 3.28. The van der Waals surface area contributed by atoms with E-state index in [1.807, 2.05) is 60.7 Å². The van der Waals surface area contributed by atoms with Gasteiger partial charge in [0.05, 0.1) is 36.7 Å². The van der Waals surface area contributed by atoms with Crippen LogP contribution < -0.4 is 22.1 Å². The standard InChI is InChI=1S/C22H23N9O3/c23-22-27-20-19(21(33)28-22)24-14-31(20)18(12-26-30-16-9-5-2-6-10-16)34-17(13-32)11-25-29-15-7-3-1-4-8-15/h1-12,14,17-18,29-30,32H,13H2,(H3,23,27,28,33)/b25-11?,26-12+. The molecule has 2 heterocycles. The van der Waals surface area contributed by atoms with Crippen molar-refractivity contribution < 1.29 is 9.84 Å². The van der Waals surface area contributed by atoms with E-state index >= 15 is 0 Å². The van der Waals surface area contributed by atoms with Crippen molar-refractivity contribution in [3.63, 3.8) is 0 Å². The SMILES string of the molecule is Nc1nc2c(ncn2C(/C=N/Nc2ccccc2)OC(C=NNc2ccccc2)CO)c(=O)[nH]1. The van der Waals surface area contributed by atoms with Crippen LogP contribution in [0.5, 0.6) is 0 Å². The second-order valence-electron chi connectivity index (χ2n) is 7.03. The van der Waals surface area contributed by atoms with E-state index in [2.05, 4.69) is 36.0 Å². The fourth-order valence-corrected chi connectivity index (χ4v) is 3.00. The van der Waals surface area contributed by atoms with Gasteiger partial charge in [-0.25, -0.2) is 4.98 Å². The first-order valence-electron chi connectivity index (χ1n) is 10.3. The van der Waals surface area contributed by atoms with Gasteiger partial charge in [0.15, 0.2) is 17.4 Å². The molecule has 0 radical (unpaired) electrons. The molecule has 0 aliphatic heterocycles. The number of hydrogen-bond donors (Lipinski definition) is 5. The lowest BCUT2D eigenvalue weighted by Crippen LogP contribution is -2.27. The van der Waals surface area contributed by atoms with Crippen LogP contribution in [0.2, 0.25) is 0 Å². The number of nitrogen functional groups attached to an aromatic ring is 1. The normalized spacial score (nSPS) is 13.4. The van der Waals surface area contributed by atoms with Crippen molar-refractivity contribution in [2.45, 2.75) is 12.3 Å². The number of aliphatic hydroxyl groups is 1. The Morgan fingerprint density at radius 1 is 1.06 bits per heavy atom. The number of fused-ring (bicyclic) bond motifs is 1. The molecule has 2 aromatic carbocycles. The summed E-state index contributed by atoms with van der Waals surface area (Å²) >= 11 is 0. The largest absolute Gasteiger partial charge is 0.393 e. The van der Waals surface area contributed by atoms with Crippen LogP contribution in [-0.2, 0) is 4.74 Å². The van der Waals surface area contributed by atoms with Crippen molar-refractivity contribution >= 4 is 40.9 Å². The predicted octanol–water partition coefficient (Wildman–Crippen LogP) is 1.77. The molecule has 0 aliphatic rings. The number of hydrazone groups is 2. The number of imidazole rings is 1. The number of anilines is 3. The van der Waals surface area contributed by atoms with E-state index in [1.54, 1.807) is 0 Å². The van der Waals surface area contributed by atoms with Crippen molar-refractivity contribution in [3.8, 4) is 0 Å². The third kappa shape index (κ3) is 5.62. The first-order chi connectivity index (χ1) is 16.6. The highest BCUT2D eigenvalue weighted by molar-refractivity contribution is 5.74. The van der Waals surface area contributed by atoms with Crippen LogP contribution in [-0.4, -0.2) is 49.8 Å². The number of nitrogens with two attached hydrogens (primary N) is 1. The van der Waals surface area contributed by atoms with Crippen molar-refractivity contribution in [2.75, 3.05) is 23.2 Å². The molecule has 12 nitrogen and oxygen atoms in total. The number of benzene rings is 2. The maximum atomic E-state index is 12.2. The number of nitrogens with one attached hydrogen (secondary N) is 3. The van der Waals surface area contributed by atoms with Crippen molar-refractivity contribution in [2.24, 2.45) is 10.2 Å². The molecule has 12 heteroatoms. The maximum absolute atomic E-state index is 12.2. The summed E-state index contributed by atoms with van der Waals surface area (Å²) in [7, 11) is 0. The van der Waals surface area contributed by atoms with Gasteiger partial charge in [0.2, 0.25) is 5.95 Å². The Kier molecular flexibility index (Phi) is 7.22. The Labute approximate surface area is 193 Å². The van der Waals surface area contributed by atoms with Gasteiger partial charge in [-0.05, 0) is 24.3 Å². The van der Waals surface area contributed by atoms with Gasteiger partial charge in [-0.15, -0.1) is 0 Å². The number of aromatic nitrogens is 4. The summed E-state index contributed by atoms with van der Waals surface area (Å²) < 4.78 is 7.49. The first kappa shape index (κ1) is 22.6. The second kappa shape index (κ2) is 10.8. The summed E-state index contributed by atoms with van der Waals surface area (Å²) in [4.78, 5) is 22.9. The van der Waals surface area contributed by atoms with E-state index in [9.17, 15) is 9.90 Å². The minimum Gasteiger partial charge on any atom is -0.393 e. The third-order valence-corrected chi connectivity index (χ3v) is 4.60. The Bertz CT molecular complexity index is 1320. The molecule has 4 rings (SSSR count). The third-order valence-electron chi connectivity index (χ3n) is 4.60. The van der Waals surface area contributed by atoms with Crippen LogP contribution in [0.3, 0.4) is 0 Å². The lowest BCUT2D eigenvalue weighted by Gasteiger charge is -2.19. The molecule has 6 N–H and O–H groups in total. The van der Waals surface area contributed by atoms with Crippen LogP contribution in [0, 0.1) is 0 Å². The number of H-pyrrole nitrogens is 1. The topological polar surface area (TPSA) is 168 Å². The van der Waals surface area contributed by atoms with Crippen LogP contribution in [0.1, 0.15) is 6.23 Å². The zero-order valence-corrected chi connectivity index (χ0v) is 17.9. The molecule has 0 bridgehead atoms. The van der Waals surface area contributed by atoms with Gasteiger partial charge in [-0.1, -0.05) is 36.4 Å². The molecule has 0 amide bonds. The zero-order valence-electron chi connectivity index (χ0n) is 17.9. The maximum Gasteiger partial charge on any atom is 0.280 e. The highest BCUT2D eigenvalue weighted by atomic mass is 16.5. The van der Waals surface area contributed by atoms with Gasteiger partial charge in [-0.2, -0.15) is 15.2 Å². The Hall–Kier alpha value is -4.55. The summed E-state index contributed by atoms with van der Waals surface area (Å²) in [5, 5.41) is 18.2. The summed E-state index contributed by atoms with van der Waals surface area (Å²) in [5.41, 5.74) is 12.8. The summed E-state index contributed by atoms with van der Waals surface area (Å²) in [5.74, 6) is -0.0651. The molecular formula is C22H23N9O3. The second-order valence-corrected chi connectivity index (χ2v) is 7.03. The van der Waals surface area contributed by atoms with Gasteiger partial charge < -0.3 is 15.6 Å². The van der Waals surface area contributed by atoms with Gasteiger partial charge in [0.25, 0.3) is 5.56 Å². The minimum absolute atomic E-state index is 0.0651. The summed E-state index contributed by atoms with van der Waals surface area (Å²) in [6.45, 7) is -0.362. The number of aliphatic hydroxyl groups excluding tert-OH is 1. The monoisotopic (exact) mass is 461 g/mol. The lowest BCUT2D eigenvalue weighted by molar-refractivity contribution is 0.00153. The molecule has 2 aromatic heterocycles. The molecule has 0 saturated heterocycles. The summed E-state index contributed by atoms with van der Waals surface area (Å²) in [6, 6.07) is 18.6. The van der Waals surface area contributed by atoms with Gasteiger partial charge in [0, 0.05) is 0 Å². The fourth-order valence-electron chi connectivity index (χ4n) is 3.00. The fraction of sp³-hybridized carbons (Fsp3) is 0.136. The van der Waals surface area contributed by atoms with E-state index in [1.165, 1.54) is 23.3 Å². The molecule has 0 spiro atoms. The summed E-state index contributed by atoms with van der Waals surface area (Å²) in [6.07, 6.45) is 2.54. The Morgan fingerprint density at radius 3 is 2.29 bits per heavy atom. The Balaban J connectivity index is 1.58. The van der Waals surface area contributed by atoms with E-state index < -0.39 is 17.9 Å². The lowest BCUT2D eigenvalue weighted by atomic mass is 10.3. The highest BCUT2D eigenvalue weighted by Crippen LogP contribution is 2.16. The molecule has 0 fully saturated rings. The highest BCUT2D eigenvalue weighted by Gasteiger charge is 2.20. The van der Waals surface area contributed by atoms with Gasteiger partial charge >= 0.3 is 0 Å². The van der Waals surface area contributed by atoms with Crippen LogP contribution >= 0.6 is 0 Å². The number of hydrogen-bond acceptors (Lipinski definition) is 10. The number of para-hydroxylation sites is 2. The van der Waals surface area contributed by atoms with Crippen molar-refractivity contribution in [1.82, 2.24) is 19.5 Å². The predicted molar refractivity (Wildman–Crippen MR) is 131 cm³/mol. The van der Waals surface area contributed by atoms with Crippen molar-refractivity contribution in [1.29, 1.82) is 0 Å². The smallest absolute Gasteiger partial charge is 0.280 e.